The fraction of sp³-hybridized carbons (Fsp3) is 0.714. The predicted octanol–water partition coefficient (Wildman–Crippen LogP) is 5.06. The van der Waals surface area contributed by atoms with E-state index >= 15 is 0 Å². The van der Waals surface area contributed by atoms with Gasteiger partial charge in [0.2, 0.25) is 0 Å². The van der Waals surface area contributed by atoms with E-state index in [1.165, 1.54) is 42.4 Å². The zero-order valence-corrected chi connectivity index (χ0v) is 15.1. The van der Waals surface area contributed by atoms with E-state index in [0.717, 1.165) is 12.8 Å². The molecule has 1 aliphatic heterocycles. The quantitative estimate of drug-likeness (QED) is 0.786. The van der Waals surface area contributed by atoms with Crippen molar-refractivity contribution in [2.45, 2.75) is 89.9 Å². The highest BCUT2D eigenvalue weighted by molar-refractivity contribution is 5.41. The van der Waals surface area contributed by atoms with Crippen molar-refractivity contribution in [1.82, 2.24) is 0 Å². The zero-order valence-electron chi connectivity index (χ0n) is 15.1. The van der Waals surface area contributed by atoms with Gasteiger partial charge in [-0.15, -0.1) is 0 Å². The van der Waals surface area contributed by atoms with Crippen LogP contribution in [-0.2, 0) is 10.3 Å². The van der Waals surface area contributed by atoms with Gasteiger partial charge in [0.05, 0.1) is 17.8 Å². The van der Waals surface area contributed by atoms with E-state index in [2.05, 4.69) is 45.9 Å². The van der Waals surface area contributed by atoms with Crippen molar-refractivity contribution in [1.29, 1.82) is 0 Å². The summed E-state index contributed by atoms with van der Waals surface area (Å²) in [6.45, 7) is 8.73. The van der Waals surface area contributed by atoms with Gasteiger partial charge in [-0.3, -0.25) is 0 Å². The van der Waals surface area contributed by atoms with Crippen molar-refractivity contribution >= 4 is 0 Å². The Kier molecular flexibility index (Phi) is 4.85. The summed E-state index contributed by atoms with van der Waals surface area (Å²) in [5.74, 6) is 0.764. The molecule has 2 nitrogen and oxygen atoms in total. The maximum absolute atomic E-state index is 10.9. The van der Waals surface area contributed by atoms with Gasteiger partial charge in [-0.2, -0.15) is 0 Å². The minimum absolute atomic E-state index is 0.153. The lowest BCUT2D eigenvalue weighted by Crippen LogP contribution is -2.47. The Labute approximate surface area is 141 Å². The highest BCUT2D eigenvalue weighted by Gasteiger charge is 2.46. The highest BCUT2D eigenvalue weighted by atomic mass is 16.5. The summed E-state index contributed by atoms with van der Waals surface area (Å²) < 4.78 is 6.49. The van der Waals surface area contributed by atoms with Crippen LogP contribution in [0.25, 0.3) is 0 Å². The molecule has 4 atom stereocenters. The van der Waals surface area contributed by atoms with Crippen LogP contribution in [0.5, 0.6) is 0 Å². The fourth-order valence-corrected chi connectivity index (χ4v) is 4.70. The first-order chi connectivity index (χ1) is 10.9. The molecule has 4 unspecified atom stereocenters. The standard InChI is InChI=1S/C21H32O2/c1-5-6-7-8-15-12-18(22)20-16-11-14(2)9-10-17(16)21(3,4)23-19(20)13-15/h9-11,15,18-20,22H,5-8,12-13H2,1-4H3. The molecule has 23 heavy (non-hydrogen) atoms. The van der Waals surface area contributed by atoms with E-state index in [9.17, 15) is 5.11 Å². The molecule has 0 amide bonds. The molecule has 1 heterocycles. The van der Waals surface area contributed by atoms with Crippen LogP contribution < -0.4 is 0 Å². The molecule has 1 N–H and O–H groups in total. The molecule has 1 fully saturated rings. The molecule has 1 aliphatic carbocycles. The molecule has 0 saturated heterocycles. The van der Waals surface area contributed by atoms with Crippen molar-refractivity contribution in [2.75, 3.05) is 0 Å². The minimum atomic E-state index is -0.267. The van der Waals surface area contributed by atoms with E-state index in [4.69, 9.17) is 4.74 Å². The second-order valence-corrected chi connectivity index (χ2v) is 8.18. The number of aliphatic hydroxyl groups excluding tert-OH is 1. The van der Waals surface area contributed by atoms with Crippen LogP contribution in [0.2, 0.25) is 0 Å². The molecule has 1 aromatic carbocycles. The van der Waals surface area contributed by atoms with Crippen molar-refractivity contribution in [3.8, 4) is 0 Å². The third kappa shape index (κ3) is 3.34. The average molecular weight is 316 g/mol. The summed E-state index contributed by atoms with van der Waals surface area (Å²) in [4.78, 5) is 0. The van der Waals surface area contributed by atoms with Crippen LogP contribution >= 0.6 is 0 Å². The normalized spacial score (nSPS) is 32.2. The van der Waals surface area contributed by atoms with E-state index in [-0.39, 0.29) is 23.7 Å². The number of unbranched alkanes of at least 4 members (excludes halogenated alkanes) is 2. The second kappa shape index (κ2) is 6.57. The van der Waals surface area contributed by atoms with Crippen LogP contribution in [0.3, 0.4) is 0 Å². The topological polar surface area (TPSA) is 29.5 Å². The number of aliphatic hydroxyl groups is 1. The van der Waals surface area contributed by atoms with Gasteiger partial charge >= 0.3 is 0 Å². The van der Waals surface area contributed by atoms with Crippen LogP contribution in [-0.4, -0.2) is 17.3 Å². The first kappa shape index (κ1) is 17.0. The van der Waals surface area contributed by atoms with Gasteiger partial charge < -0.3 is 9.84 Å². The number of hydrogen-bond donors (Lipinski definition) is 1. The number of aryl methyl sites for hydroxylation is 1. The zero-order chi connectivity index (χ0) is 16.6. The maximum Gasteiger partial charge on any atom is 0.0882 e. The average Bonchev–Trinajstić information content (AvgIpc) is 2.46. The summed E-state index contributed by atoms with van der Waals surface area (Å²) in [7, 11) is 0. The van der Waals surface area contributed by atoms with E-state index in [0.29, 0.717) is 5.92 Å². The number of benzene rings is 1. The van der Waals surface area contributed by atoms with Crippen LogP contribution in [0.15, 0.2) is 18.2 Å². The molecule has 0 bridgehead atoms. The van der Waals surface area contributed by atoms with Crippen LogP contribution in [0, 0.1) is 12.8 Å². The maximum atomic E-state index is 10.9. The predicted molar refractivity (Wildman–Crippen MR) is 94.7 cm³/mol. The van der Waals surface area contributed by atoms with Gasteiger partial charge in [0.1, 0.15) is 0 Å². The molecular formula is C21H32O2. The van der Waals surface area contributed by atoms with E-state index in [1.807, 2.05) is 0 Å². The second-order valence-electron chi connectivity index (χ2n) is 8.18. The molecule has 2 aliphatic rings. The number of rotatable bonds is 4. The lowest BCUT2D eigenvalue weighted by Gasteiger charge is -2.49. The van der Waals surface area contributed by atoms with Crippen LogP contribution in [0.1, 0.15) is 81.9 Å². The largest absolute Gasteiger partial charge is 0.392 e. The number of ether oxygens (including phenoxy) is 1. The molecule has 128 valence electrons. The van der Waals surface area contributed by atoms with Crippen molar-refractivity contribution in [2.24, 2.45) is 5.92 Å². The lowest BCUT2D eigenvalue weighted by atomic mass is 9.68. The van der Waals surface area contributed by atoms with Gasteiger partial charge in [0.25, 0.3) is 0 Å². The molecular weight excluding hydrogens is 284 g/mol. The third-order valence-corrected chi connectivity index (χ3v) is 5.83. The summed E-state index contributed by atoms with van der Waals surface area (Å²) >= 11 is 0. The van der Waals surface area contributed by atoms with Gasteiger partial charge in [-0.25, -0.2) is 0 Å². The first-order valence-corrected chi connectivity index (χ1v) is 9.39. The SMILES string of the molecule is CCCCCC1CC(O)C2c3cc(C)ccc3C(C)(C)OC2C1. The summed E-state index contributed by atoms with van der Waals surface area (Å²) in [5.41, 5.74) is 3.60. The first-order valence-electron chi connectivity index (χ1n) is 9.39. The Balaban J connectivity index is 1.85. The highest BCUT2D eigenvalue weighted by Crippen LogP contribution is 2.49. The summed E-state index contributed by atoms with van der Waals surface area (Å²) in [6, 6.07) is 6.63. The fourth-order valence-electron chi connectivity index (χ4n) is 4.70. The molecule has 1 aromatic rings. The van der Waals surface area contributed by atoms with Gasteiger partial charge in [0.15, 0.2) is 0 Å². The Morgan fingerprint density at radius 2 is 2.00 bits per heavy atom. The van der Waals surface area contributed by atoms with Crippen molar-refractivity contribution < 1.29 is 9.84 Å². The van der Waals surface area contributed by atoms with Crippen molar-refractivity contribution in [3.05, 3.63) is 34.9 Å². The summed E-state index contributed by atoms with van der Waals surface area (Å²) in [5, 5.41) is 10.9. The molecule has 3 rings (SSSR count). The Bertz CT molecular complexity index is 549. The Morgan fingerprint density at radius 3 is 2.74 bits per heavy atom. The third-order valence-electron chi connectivity index (χ3n) is 5.83. The molecule has 1 saturated carbocycles. The number of hydrogen-bond acceptors (Lipinski definition) is 2. The van der Waals surface area contributed by atoms with E-state index < -0.39 is 0 Å². The molecule has 0 spiro atoms. The Morgan fingerprint density at radius 1 is 1.22 bits per heavy atom. The molecule has 2 heteroatoms. The Hall–Kier alpha value is -0.860. The van der Waals surface area contributed by atoms with Gasteiger partial charge in [0, 0.05) is 5.92 Å². The molecule has 0 radical (unpaired) electrons. The smallest absolute Gasteiger partial charge is 0.0882 e. The van der Waals surface area contributed by atoms with Crippen molar-refractivity contribution in [3.63, 3.8) is 0 Å². The van der Waals surface area contributed by atoms with Crippen LogP contribution in [0.4, 0.5) is 0 Å². The lowest BCUT2D eigenvalue weighted by molar-refractivity contribution is -0.142. The summed E-state index contributed by atoms with van der Waals surface area (Å²) in [6.07, 6.45) is 7.01. The monoisotopic (exact) mass is 316 g/mol. The molecule has 0 aromatic heterocycles. The van der Waals surface area contributed by atoms with Gasteiger partial charge in [-0.05, 0) is 50.7 Å². The van der Waals surface area contributed by atoms with Gasteiger partial charge in [-0.1, -0.05) is 56.4 Å². The number of fused-ring (bicyclic) bond motifs is 3. The van der Waals surface area contributed by atoms with E-state index in [1.54, 1.807) is 0 Å². The minimum Gasteiger partial charge on any atom is -0.392 e.